The number of rotatable bonds is 24. The molecule has 0 aromatic rings. The fourth-order valence-electron chi connectivity index (χ4n) is 3.98. The van der Waals surface area contributed by atoms with Gasteiger partial charge in [-0.2, -0.15) is 0 Å². The van der Waals surface area contributed by atoms with E-state index in [-0.39, 0.29) is 42.1 Å². The predicted molar refractivity (Wildman–Crippen MR) is 132 cm³/mol. The van der Waals surface area contributed by atoms with Crippen LogP contribution in [-0.4, -0.2) is 19.6 Å². The summed E-state index contributed by atoms with van der Waals surface area (Å²) in [5, 5.41) is 0. The molecule has 0 rings (SSSR count). The maximum Gasteiger partial charge on any atom is 1.00 e. The smallest absolute Gasteiger partial charge is 0.726 e. The third-order valence-electron chi connectivity index (χ3n) is 5.99. The Hall–Kier alpha value is 0.610. The van der Waals surface area contributed by atoms with Crippen molar-refractivity contribution in [3.05, 3.63) is 12.2 Å². The predicted octanol–water partition coefficient (Wildman–Crippen LogP) is 5.48. The molecule has 0 radical (unpaired) electrons. The Balaban J connectivity index is 0. The molecule has 0 aliphatic rings. The summed E-state index contributed by atoms with van der Waals surface area (Å²) < 4.78 is 36.8. The van der Waals surface area contributed by atoms with Gasteiger partial charge in [0.05, 0.1) is 6.61 Å². The molecule has 0 saturated carbocycles. The molecule has 1 atom stereocenters. The van der Waals surface area contributed by atoms with Crippen molar-refractivity contribution >= 4 is 10.4 Å². The van der Waals surface area contributed by atoms with E-state index in [1.54, 1.807) is 0 Å². The minimum absolute atomic E-state index is 0. The van der Waals surface area contributed by atoms with Crippen molar-refractivity contribution in [2.45, 2.75) is 142 Å². The summed E-state index contributed by atoms with van der Waals surface area (Å²) in [7, 11) is -4.60. The van der Waals surface area contributed by atoms with Crippen LogP contribution >= 0.6 is 0 Å². The van der Waals surface area contributed by atoms with E-state index in [0.29, 0.717) is 0 Å². The first-order valence-electron chi connectivity index (χ1n) is 13.3. The van der Waals surface area contributed by atoms with Gasteiger partial charge in [-0.25, -0.2) is 8.42 Å². The second-order valence-electron chi connectivity index (χ2n) is 9.12. The number of allylic oxidation sites excluding steroid dienone is 1. The van der Waals surface area contributed by atoms with Gasteiger partial charge in [-0.1, -0.05) is 135 Å². The average molecular weight is 483 g/mol. The van der Waals surface area contributed by atoms with E-state index in [1.165, 1.54) is 103 Å². The molecule has 0 aliphatic carbocycles. The minimum atomic E-state index is -4.60. The van der Waals surface area contributed by atoms with Gasteiger partial charge in [0.25, 0.3) is 0 Å². The molecule has 0 aliphatic heterocycles. The maximum atomic E-state index is 10.8. The average Bonchev–Trinajstić information content (AvgIpc) is 2.73. The summed E-state index contributed by atoms with van der Waals surface area (Å²) in [6, 6.07) is 0. The van der Waals surface area contributed by atoms with Crippen LogP contribution in [0.2, 0.25) is 0 Å². The van der Waals surface area contributed by atoms with Crippen molar-refractivity contribution in [1.82, 2.24) is 0 Å². The summed E-state index contributed by atoms with van der Waals surface area (Å²) in [6.45, 7) is 4.44. The van der Waals surface area contributed by atoms with Crippen molar-refractivity contribution in [2.75, 3.05) is 6.61 Å². The van der Waals surface area contributed by atoms with Gasteiger partial charge in [0, 0.05) is 5.92 Å². The van der Waals surface area contributed by atoms with Gasteiger partial charge in [0.1, 0.15) is 0 Å². The van der Waals surface area contributed by atoms with Crippen LogP contribution in [0.4, 0.5) is 0 Å². The van der Waals surface area contributed by atoms with Crippen molar-refractivity contribution in [1.29, 1.82) is 0 Å². The van der Waals surface area contributed by atoms with Crippen molar-refractivity contribution < 1.29 is 46.7 Å². The Morgan fingerprint density at radius 2 is 1.09 bits per heavy atom. The number of hydrogen-bond acceptors (Lipinski definition) is 4. The van der Waals surface area contributed by atoms with E-state index < -0.39 is 10.4 Å². The van der Waals surface area contributed by atoms with E-state index in [4.69, 9.17) is 0 Å². The molecule has 0 saturated heterocycles. The van der Waals surface area contributed by atoms with Crippen LogP contribution < -0.4 is 29.6 Å². The van der Waals surface area contributed by atoms with Crippen molar-refractivity contribution in [3.8, 4) is 0 Å². The fourth-order valence-corrected chi connectivity index (χ4v) is 4.33. The topological polar surface area (TPSA) is 66.4 Å². The SMILES string of the molecule is CCCCCCCCCCCCCCC/C=C/C(CCCCCCC)COS(=O)(=O)[O-].[Na+]. The van der Waals surface area contributed by atoms with Crippen molar-refractivity contribution in [2.24, 2.45) is 5.92 Å². The van der Waals surface area contributed by atoms with E-state index in [0.717, 1.165) is 25.7 Å². The molecule has 0 bridgehead atoms. The zero-order valence-corrected chi connectivity index (χ0v) is 24.4. The van der Waals surface area contributed by atoms with Crippen LogP contribution in [0.15, 0.2) is 12.2 Å². The zero-order chi connectivity index (χ0) is 23.0. The van der Waals surface area contributed by atoms with Gasteiger partial charge in [0.15, 0.2) is 0 Å². The summed E-state index contributed by atoms with van der Waals surface area (Å²) in [5.74, 6) is 0.0207. The largest absolute Gasteiger partial charge is 1.00 e. The summed E-state index contributed by atoms with van der Waals surface area (Å²) >= 11 is 0. The molecule has 4 nitrogen and oxygen atoms in total. The quantitative estimate of drug-likeness (QED) is 0.0600. The number of unbranched alkanes of at least 4 members (excludes halogenated alkanes) is 17. The second-order valence-corrected chi connectivity index (χ2v) is 10.2. The third kappa shape index (κ3) is 28.6. The van der Waals surface area contributed by atoms with E-state index in [1.807, 2.05) is 0 Å². The van der Waals surface area contributed by atoms with Gasteiger partial charge in [-0.05, 0) is 19.3 Å². The van der Waals surface area contributed by atoms with Gasteiger partial charge >= 0.3 is 29.6 Å². The van der Waals surface area contributed by atoms with Crippen LogP contribution in [0.5, 0.6) is 0 Å². The Kier molecular flexibility index (Phi) is 28.5. The molecule has 6 heteroatoms. The van der Waals surface area contributed by atoms with Gasteiger partial charge in [-0.15, -0.1) is 0 Å². The Morgan fingerprint density at radius 3 is 1.53 bits per heavy atom. The maximum absolute atomic E-state index is 10.8. The first kappa shape index (κ1) is 34.8. The fraction of sp³-hybridized carbons (Fsp3) is 0.923. The van der Waals surface area contributed by atoms with Gasteiger partial charge in [-0.3, -0.25) is 4.18 Å². The van der Waals surface area contributed by atoms with E-state index >= 15 is 0 Å². The summed E-state index contributed by atoms with van der Waals surface area (Å²) in [6.07, 6.45) is 29.6. The first-order chi connectivity index (χ1) is 15.0. The molecular weight excluding hydrogens is 431 g/mol. The minimum Gasteiger partial charge on any atom is -0.726 e. The Bertz CT molecular complexity index is 494. The first-order valence-corrected chi connectivity index (χ1v) is 14.6. The van der Waals surface area contributed by atoms with E-state index in [9.17, 15) is 13.0 Å². The molecule has 0 aromatic carbocycles. The molecule has 0 aromatic heterocycles. The molecule has 0 spiro atoms. The van der Waals surface area contributed by atoms with Crippen LogP contribution in [0, 0.1) is 5.92 Å². The van der Waals surface area contributed by atoms with Crippen LogP contribution in [0.3, 0.4) is 0 Å². The standard InChI is InChI=1S/C26H52O4S.Na/c1-3-5-7-9-10-11-12-13-14-15-16-17-18-20-22-24-26(25-30-31(27,28)29)23-21-19-8-6-4-2;/h22,24,26H,3-21,23,25H2,1-2H3,(H,27,28,29);/q;+1/p-1/b24-22+;. The molecule has 0 heterocycles. The Labute approximate surface area is 223 Å². The van der Waals surface area contributed by atoms with Gasteiger partial charge < -0.3 is 4.55 Å². The molecule has 0 amide bonds. The summed E-state index contributed by atoms with van der Waals surface area (Å²) in [5.41, 5.74) is 0. The summed E-state index contributed by atoms with van der Waals surface area (Å²) in [4.78, 5) is 0. The molecule has 0 N–H and O–H groups in total. The van der Waals surface area contributed by atoms with Gasteiger partial charge in [0.2, 0.25) is 10.4 Å². The van der Waals surface area contributed by atoms with Crippen molar-refractivity contribution in [3.63, 3.8) is 0 Å². The van der Waals surface area contributed by atoms with Crippen LogP contribution in [0.25, 0.3) is 0 Å². The molecule has 186 valence electrons. The molecule has 32 heavy (non-hydrogen) atoms. The van der Waals surface area contributed by atoms with E-state index in [2.05, 4.69) is 30.2 Å². The second kappa shape index (κ2) is 26.2. The Morgan fingerprint density at radius 1 is 0.688 bits per heavy atom. The molecule has 1 unspecified atom stereocenters. The molecular formula is C26H51NaO4S. The number of hydrogen-bond donors (Lipinski definition) is 0. The molecule has 0 fully saturated rings. The zero-order valence-electron chi connectivity index (χ0n) is 21.6. The van der Waals surface area contributed by atoms with Crippen LogP contribution in [0.1, 0.15) is 142 Å². The normalized spacial score (nSPS) is 12.8. The van der Waals surface area contributed by atoms with Crippen LogP contribution in [-0.2, 0) is 14.6 Å². The third-order valence-corrected chi connectivity index (χ3v) is 6.41. The monoisotopic (exact) mass is 482 g/mol.